The third-order valence-electron chi connectivity index (χ3n) is 3.27. The van der Waals surface area contributed by atoms with Gasteiger partial charge in [-0.2, -0.15) is 0 Å². The highest BCUT2D eigenvalue weighted by molar-refractivity contribution is 7.91. The molecule has 0 saturated carbocycles. The molecule has 0 spiro atoms. The quantitative estimate of drug-likeness (QED) is 0.814. The first-order valence-corrected chi connectivity index (χ1v) is 7.42. The van der Waals surface area contributed by atoms with Gasteiger partial charge >= 0.3 is 0 Å². The first-order valence-electron chi connectivity index (χ1n) is 5.60. The van der Waals surface area contributed by atoms with Crippen molar-refractivity contribution in [1.82, 2.24) is 10.3 Å². The molecule has 1 fully saturated rings. The summed E-state index contributed by atoms with van der Waals surface area (Å²) in [7, 11) is -1.05. The minimum atomic E-state index is -2.87. The summed E-state index contributed by atoms with van der Waals surface area (Å²) in [5, 5.41) is 3.15. The summed E-state index contributed by atoms with van der Waals surface area (Å²) in [5.41, 5.74) is 7.45. The lowest BCUT2D eigenvalue weighted by molar-refractivity contribution is 0.419. The van der Waals surface area contributed by atoms with Gasteiger partial charge in [0.1, 0.15) is 0 Å². The zero-order valence-corrected chi connectivity index (χ0v) is 10.6. The van der Waals surface area contributed by atoms with Gasteiger partial charge in [-0.15, -0.1) is 0 Å². The molecular formula is C11H17N3O2S. The van der Waals surface area contributed by atoms with Crippen LogP contribution >= 0.6 is 0 Å². The monoisotopic (exact) mass is 255 g/mol. The first-order chi connectivity index (χ1) is 8.03. The molecular weight excluding hydrogens is 238 g/mol. The Morgan fingerprint density at radius 3 is 2.88 bits per heavy atom. The summed E-state index contributed by atoms with van der Waals surface area (Å²) >= 11 is 0. The van der Waals surface area contributed by atoms with Gasteiger partial charge in [0.15, 0.2) is 9.84 Å². The van der Waals surface area contributed by atoms with Gasteiger partial charge in [0, 0.05) is 29.7 Å². The van der Waals surface area contributed by atoms with E-state index in [0.717, 1.165) is 5.56 Å². The van der Waals surface area contributed by atoms with Gasteiger partial charge in [0.2, 0.25) is 0 Å². The molecule has 2 rings (SSSR count). The Morgan fingerprint density at radius 2 is 2.35 bits per heavy atom. The summed E-state index contributed by atoms with van der Waals surface area (Å²) in [6, 6.07) is 1.70. The Morgan fingerprint density at radius 1 is 1.59 bits per heavy atom. The largest absolute Gasteiger partial charge is 0.398 e. The molecule has 0 aliphatic carbocycles. The lowest BCUT2D eigenvalue weighted by Crippen LogP contribution is -2.27. The second-order valence-electron chi connectivity index (χ2n) is 4.43. The van der Waals surface area contributed by atoms with Gasteiger partial charge in [0.25, 0.3) is 0 Å². The lowest BCUT2D eigenvalue weighted by atomic mass is 9.93. The number of nitrogen functional groups attached to an aromatic ring is 1. The topological polar surface area (TPSA) is 85.1 Å². The van der Waals surface area contributed by atoms with Crippen molar-refractivity contribution in [1.29, 1.82) is 0 Å². The molecule has 94 valence electrons. The number of nitrogens with two attached hydrogens (primary N) is 1. The molecule has 1 aliphatic rings. The average molecular weight is 255 g/mol. The Kier molecular flexibility index (Phi) is 3.35. The molecule has 2 heterocycles. The van der Waals surface area contributed by atoms with Crippen LogP contribution in [-0.4, -0.2) is 32.0 Å². The van der Waals surface area contributed by atoms with Crippen molar-refractivity contribution < 1.29 is 8.42 Å². The smallest absolute Gasteiger partial charge is 0.150 e. The third kappa shape index (κ3) is 2.58. The molecule has 1 aromatic heterocycles. The van der Waals surface area contributed by atoms with Crippen LogP contribution in [0.25, 0.3) is 0 Å². The van der Waals surface area contributed by atoms with E-state index in [4.69, 9.17) is 5.73 Å². The predicted octanol–water partition coefficient (Wildman–Crippen LogP) is 0.359. The summed E-state index contributed by atoms with van der Waals surface area (Å²) in [4.78, 5) is 4.05. The van der Waals surface area contributed by atoms with E-state index in [2.05, 4.69) is 10.3 Å². The fourth-order valence-electron chi connectivity index (χ4n) is 2.41. The highest BCUT2D eigenvalue weighted by Gasteiger charge is 2.34. The minimum absolute atomic E-state index is 0.0408. The van der Waals surface area contributed by atoms with Crippen molar-refractivity contribution in [2.24, 2.45) is 5.92 Å². The molecule has 2 atom stereocenters. The number of hydrogen-bond donors (Lipinski definition) is 2. The van der Waals surface area contributed by atoms with Crippen molar-refractivity contribution in [3.8, 4) is 0 Å². The first kappa shape index (κ1) is 12.3. The van der Waals surface area contributed by atoms with E-state index in [-0.39, 0.29) is 23.5 Å². The summed E-state index contributed by atoms with van der Waals surface area (Å²) in [5.74, 6) is 0.583. The zero-order valence-electron chi connectivity index (χ0n) is 9.76. The second-order valence-corrected chi connectivity index (χ2v) is 6.66. The van der Waals surface area contributed by atoms with E-state index in [0.29, 0.717) is 12.1 Å². The molecule has 0 aromatic carbocycles. The maximum absolute atomic E-state index is 11.5. The predicted molar refractivity (Wildman–Crippen MR) is 67.2 cm³/mol. The van der Waals surface area contributed by atoms with E-state index in [1.54, 1.807) is 18.5 Å². The van der Waals surface area contributed by atoms with E-state index in [9.17, 15) is 8.42 Å². The van der Waals surface area contributed by atoms with Crippen molar-refractivity contribution in [2.45, 2.75) is 12.5 Å². The number of anilines is 1. The van der Waals surface area contributed by atoms with E-state index >= 15 is 0 Å². The van der Waals surface area contributed by atoms with Crippen LogP contribution in [0.2, 0.25) is 0 Å². The van der Waals surface area contributed by atoms with E-state index in [1.165, 1.54) is 0 Å². The number of hydrogen-bond acceptors (Lipinski definition) is 5. The van der Waals surface area contributed by atoms with Crippen LogP contribution < -0.4 is 11.1 Å². The summed E-state index contributed by atoms with van der Waals surface area (Å²) in [6.07, 6.45) is 4.03. The van der Waals surface area contributed by atoms with Crippen molar-refractivity contribution >= 4 is 15.5 Å². The Hall–Kier alpha value is -1.14. The van der Waals surface area contributed by atoms with Gasteiger partial charge in [-0.3, -0.25) is 4.98 Å². The standard InChI is InChI=1S/C11H17N3O2S/c1-13-11(8-3-5-17(15,16)7-8)9-6-14-4-2-10(9)12/h2,4,6,8,11,13H,3,5,7H2,1H3,(H2,12,14). The van der Waals surface area contributed by atoms with Crippen LogP contribution in [0, 0.1) is 5.92 Å². The van der Waals surface area contributed by atoms with E-state index < -0.39 is 9.84 Å². The second kappa shape index (κ2) is 4.62. The summed E-state index contributed by atoms with van der Waals surface area (Å²) in [6.45, 7) is 0. The molecule has 5 nitrogen and oxygen atoms in total. The number of pyridine rings is 1. The van der Waals surface area contributed by atoms with Gasteiger partial charge in [-0.05, 0) is 25.5 Å². The minimum Gasteiger partial charge on any atom is -0.398 e. The number of nitrogens with one attached hydrogen (secondary N) is 1. The van der Waals surface area contributed by atoms with Crippen LogP contribution in [0.5, 0.6) is 0 Å². The molecule has 0 radical (unpaired) electrons. The van der Waals surface area contributed by atoms with Crippen LogP contribution in [0.1, 0.15) is 18.0 Å². The van der Waals surface area contributed by atoms with Gasteiger partial charge < -0.3 is 11.1 Å². The van der Waals surface area contributed by atoms with Crippen molar-refractivity contribution in [2.75, 3.05) is 24.3 Å². The van der Waals surface area contributed by atoms with E-state index in [1.807, 2.05) is 7.05 Å². The summed E-state index contributed by atoms with van der Waals surface area (Å²) < 4.78 is 23.0. The average Bonchev–Trinajstić information content (AvgIpc) is 2.63. The molecule has 3 N–H and O–H groups in total. The highest BCUT2D eigenvalue weighted by Crippen LogP contribution is 2.33. The van der Waals surface area contributed by atoms with Crippen molar-refractivity contribution in [3.05, 3.63) is 24.0 Å². The van der Waals surface area contributed by atoms with Gasteiger partial charge in [0.05, 0.1) is 11.5 Å². The Labute approximate surface area is 101 Å². The molecule has 1 aliphatic heterocycles. The maximum atomic E-state index is 11.5. The molecule has 2 unspecified atom stereocenters. The van der Waals surface area contributed by atoms with Crippen LogP contribution in [0.15, 0.2) is 18.5 Å². The van der Waals surface area contributed by atoms with Gasteiger partial charge in [-0.1, -0.05) is 0 Å². The fraction of sp³-hybridized carbons (Fsp3) is 0.545. The number of sulfone groups is 1. The number of aromatic nitrogens is 1. The Bertz CT molecular complexity index is 501. The molecule has 1 aromatic rings. The molecule has 0 bridgehead atoms. The zero-order chi connectivity index (χ0) is 12.5. The Balaban J connectivity index is 2.26. The molecule has 17 heavy (non-hydrogen) atoms. The van der Waals surface area contributed by atoms with Crippen LogP contribution in [0.4, 0.5) is 5.69 Å². The highest BCUT2D eigenvalue weighted by atomic mass is 32.2. The van der Waals surface area contributed by atoms with Crippen LogP contribution in [0.3, 0.4) is 0 Å². The van der Waals surface area contributed by atoms with Gasteiger partial charge in [-0.25, -0.2) is 8.42 Å². The maximum Gasteiger partial charge on any atom is 0.150 e. The lowest BCUT2D eigenvalue weighted by Gasteiger charge is -2.23. The molecule has 6 heteroatoms. The fourth-order valence-corrected chi connectivity index (χ4v) is 4.25. The number of rotatable bonds is 3. The molecule has 0 amide bonds. The van der Waals surface area contributed by atoms with Crippen LogP contribution in [-0.2, 0) is 9.84 Å². The normalized spacial score (nSPS) is 24.6. The third-order valence-corrected chi connectivity index (χ3v) is 5.07. The van der Waals surface area contributed by atoms with Crippen molar-refractivity contribution in [3.63, 3.8) is 0 Å². The SMILES string of the molecule is CNC(c1cnccc1N)C1CCS(=O)(=O)C1. The molecule has 1 saturated heterocycles. The number of nitrogens with zero attached hydrogens (tertiary/aromatic N) is 1.